The second kappa shape index (κ2) is 3.96. The molecular weight excluding hydrogens is 208 g/mol. The summed E-state index contributed by atoms with van der Waals surface area (Å²) in [5.74, 6) is 2.18. The lowest BCUT2D eigenvalue weighted by atomic mass is 9.88. The highest BCUT2D eigenvalue weighted by molar-refractivity contribution is 5.05. The van der Waals surface area contributed by atoms with Gasteiger partial charge in [0, 0.05) is 24.2 Å². The molecule has 5 unspecified atom stereocenters. The number of nitrogens with zero attached hydrogens (tertiary/aromatic N) is 1. The Kier molecular flexibility index (Phi) is 2.52. The summed E-state index contributed by atoms with van der Waals surface area (Å²) >= 11 is 0. The minimum atomic E-state index is 0.808. The monoisotopic (exact) mass is 234 g/mol. The van der Waals surface area contributed by atoms with Crippen LogP contribution in [0.25, 0.3) is 0 Å². The van der Waals surface area contributed by atoms with Crippen LogP contribution in [0.1, 0.15) is 51.4 Å². The molecule has 0 amide bonds. The van der Waals surface area contributed by atoms with E-state index in [1.54, 1.807) is 25.7 Å². The lowest BCUT2D eigenvalue weighted by Gasteiger charge is -2.45. The summed E-state index contributed by atoms with van der Waals surface area (Å²) in [5.41, 5.74) is 0. The van der Waals surface area contributed by atoms with Crippen molar-refractivity contribution in [3.05, 3.63) is 0 Å². The molecule has 0 aromatic heterocycles. The Bertz CT molecular complexity index is 289. The fourth-order valence-corrected chi connectivity index (χ4v) is 5.57. The standard InChI is InChI=1S/C15H26N2/c1-16-12-8-13-4-5-14(9-12)17(13)15-7-10-2-3-11(15)6-10/h10-16H,2-9H2,1H3. The third-order valence-electron chi connectivity index (χ3n) is 6.28. The van der Waals surface area contributed by atoms with Gasteiger partial charge in [0.1, 0.15) is 0 Å². The lowest BCUT2D eigenvalue weighted by Crippen LogP contribution is -2.53. The Labute approximate surface area is 105 Å². The van der Waals surface area contributed by atoms with E-state index in [9.17, 15) is 0 Å². The van der Waals surface area contributed by atoms with E-state index in [1.165, 1.54) is 25.7 Å². The van der Waals surface area contributed by atoms with E-state index in [1.807, 2.05) is 0 Å². The zero-order valence-corrected chi connectivity index (χ0v) is 11.1. The number of fused-ring (bicyclic) bond motifs is 4. The lowest BCUT2D eigenvalue weighted by molar-refractivity contribution is 0.0442. The van der Waals surface area contributed by atoms with Crippen LogP contribution >= 0.6 is 0 Å². The van der Waals surface area contributed by atoms with Crippen molar-refractivity contribution in [3.63, 3.8) is 0 Å². The molecule has 0 aromatic carbocycles. The molecule has 2 saturated carbocycles. The average Bonchev–Trinajstić information content (AvgIpc) is 3.02. The SMILES string of the molecule is CNC1CC2CCC(C1)N2C1CC2CCC1C2. The maximum Gasteiger partial charge on any atom is 0.0132 e. The van der Waals surface area contributed by atoms with E-state index in [0.29, 0.717) is 0 Å². The van der Waals surface area contributed by atoms with Crippen LogP contribution in [-0.2, 0) is 0 Å². The molecule has 4 rings (SSSR count). The van der Waals surface area contributed by atoms with Crippen LogP contribution < -0.4 is 5.32 Å². The Morgan fingerprint density at radius 2 is 1.65 bits per heavy atom. The van der Waals surface area contributed by atoms with Crippen molar-refractivity contribution in [2.24, 2.45) is 11.8 Å². The number of rotatable bonds is 2. The van der Waals surface area contributed by atoms with Gasteiger partial charge in [-0.25, -0.2) is 0 Å². The first-order valence-electron chi connectivity index (χ1n) is 7.80. The quantitative estimate of drug-likeness (QED) is 0.789. The molecule has 4 fully saturated rings. The number of nitrogens with one attached hydrogen (secondary N) is 1. The molecule has 0 spiro atoms. The van der Waals surface area contributed by atoms with Crippen LogP contribution in [0.5, 0.6) is 0 Å². The molecule has 2 aliphatic carbocycles. The second-order valence-corrected chi connectivity index (χ2v) is 7.03. The summed E-state index contributed by atoms with van der Waals surface area (Å²) in [6, 6.07) is 3.65. The fourth-order valence-electron chi connectivity index (χ4n) is 5.57. The fraction of sp³-hybridized carbons (Fsp3) is 1.00. The third kappa shape index (κ3) is 1.60. The highest BCUT2D eigenvalue weighted by Gasteiger charge is 2.50. The molecule has 2 aliphatic heterocycles. The molecule has 2 heterocycles. The second-order valence-electron chi connectivity index (χ2n) is 7.03. The normalized spacial score (nSPS) is 53.5. The summed E-state index contributed by atoms with van der Waals surface area (Å²) in [4.78, 5) is 3.00. The molecule has 0 radical (unpaired) electrons. The zero-order valence-electron chi connectivity index (χ0n) is 11.1. The van der Waals surface area contributed by atoms with E-state index < -0.39 is 0 Å². The number of piperidine rings is 1. The van der Waals surface area contributed by atoms with Gasteiger partial charge >= 0.3 is 0 Å². The Morgan fingerprint density at radius 3 is 2.18 bits per heavy atom. The van der Waals surface area contributed by atoms with Gasteiger partial charge < -0.3 is 5.32 Å². The number of hydrogen-bond donors (Lipinski definition) is 1. The molecule has 0 aromatic rings. The predicted octanol–water partition coefficient (Wildman–Crippen LogP) is 2.39. The van der Waals surface area contributed by atoms with Gasteiger partial charge in [0.15, 0.2) is 0 Å². The van der Waals surface area contributed by atoms with E-state index in [0.717, 1.165) is 36.0 Å². The first kappa shape index (κ1) is 10.8. The van der Waals surface area contributed by atoms with Crippen molar-refractivity contribution < 1.29 is 0 Å². The molecule has 2 saturated heterocycles. The predicted molar refractivity (Wildman–Crippen MR) is 70.0 cm³/mol. The molecule has 96 valence electrons. The minimum absolute atomic E-state index is 0.808. The van der Waals surface area contributed by atoms with Crippen LogP contribution in [-0.4, -0.2) is 36.1 Å². The van der Waals surface area contributed by atoms with Gasteiger partial charge in [-0.15, -0.1) is 0 Å². The molecule has 2 heteroatoms. The van der Waals surface area contributed by atoms with Crippen molar-refractivity contribution in [1.82, 2.24) is 10.2 Å². The molecule has 2 nitrogen and oxygen atoms in total. The molecular formula is C15H26N2. The van der Waals surface area contributed by atoms with Crippen LogP contribution in [0, 0.1) is 11.8 Å². The molecule has 5 atom stereocenters. The van der Waals surface area contributed by atoms with Gasteiger partial charge in [-0.2, -0.15) is 0 Å². The Hall–Kier alpha value is -0.0800. The molecule has 1 N–H and O–H groups in total. The highest BCUT2D eigenvalue weighted by Crippen LogP contribution is 2.50. The first-order valence-corrected chi connectivity index (χ1v) is 7.80. The van der Waals surface area contributed by atoms with Gasteiger partial charge in [-0.1, -0.05) is 6.42 Å². The summed E-state index contributed by atoms with van der Waals surface area (Å²) in [6.07, 6.45) is 12.0. The third-order valence-corrected chi connectivity index (χ3v) is 6.28. The van der Waals surface area contributed by atoms with E-state index in [2.05, 4.69) is 17.3 Å². The van der Waals surface area contributed by atoms with Crippen molar-refractivity contribution in [2.45, 2.75) is 75.5 Å². The van der Waals surface area contributed by atoms with Crippen molar-refractivity contribution in [2.75, 3.05) is 7.05 Å². The zero-order chi connectivity index (χ0) is 11.4. The Morgan fingerprint density at radius 1 is 0.882 bits per heavy atom. The first-order chi connectivity index (χ1) is 8.35. The average molecular weight is 234 g/mol. The molecule has 17 heavy (non-hydrogen) atoms. The van der Waals surface area contributed by atoms with E-state index in [4.69, 9.17) is 0 Å². The molecule has 4 bridgehead atoms. The van der Waals surface area contributed by atoms with Gasteiger partial charge in [0.2, 0.25) is 0 Å². The Balaban J connectivity index is 1.52. The van der Waals surface area contributed by atoms with Crippen molar-refractivity contribution >= 4 is 0 Å². The van der Waals surface area contributed by atoms with Gasteiger partial charge in [-0.3, -0.25) is 4.90 Å². The maximum atomic E-state index is 3.52. The van der Waals surface area contributed by atoms with Gasteiger partial charge in [-0.05, 0) is 63.8 Å². The topological polar surface area (TPSA) is 15.3 Å². The summed E-state index contributed by atoms with van der Waals surface area (Å²) in [6.45, 7) is 0. The smallest absolute Gasteiger partial charge is 0.0132 e. The van der Waals surface area contributed by atoms with Gasteiger partial charge in [0.05, 0.1) is 0 Å². The van der Waals surface area contributed by atoms with Crippen LogP contribution in [0.2, 0.25) is 0 Å². The summed E-state index contributed by atoms with van der Waals surface area (Å²) in [7, 11) is 2.15. The van der Waals surface area contributed by atoms with Crippen LogP contribution in [0.15, 0.2) is 0 Å². The van der Waals surface area contributed by atoms with E-state index >= 15 is 0 Å². The summed E-state index contributed by atoms with van der Waals surface area (Å²) < 4.78 is 0. The van der Waals surface area contributed by atoms with Crippen LogP contribution in [0.3, 0.4) is 0 Å². The molecule has 4 aliphatic rings. The maximum absolute atomic E-state index is 3.52. The largest absolute Gasteiger partial charge is 0.317 e. The van der Waals surface area contributed by atoms with Crippen LogP contribution in [0.4, 0.5) is 0 Å². The van der Waals surface area contributed by atoms with E-state index in [-0.39, 0.29) is 0 Å². The highest BCUT2D eigenvalue weighted by atomic mass is 15.3. The summed E-state index contributed by atoms with van der Waals surface area (Å²) in [5, 5.41) is 3.52. The number of hydrogen-bond acceptors (Lipinski definition) is 2. The van der Waals surface area contributed by atoms with Gasteiger partial charge in [0.25, 0.3) is 0 Å². The van der Waals surface area contributed by atoms with Crippen molar-refractivity contribution in [1.29, 1.82) is 0 Å². The minimum Gasteiger partial charge on any atom is -0.317 e. The van der Waals surface area contributed by atoms with Crippen molar-refractivity contribution in [3.8, 4) is 0 Å².